The van der Waals surface area contributed by atoms with Crippen LogP contribution in [0, 0.1) is 5.41 Å². The monoisotopic (exact) mass is 279 g/mol. The van der Waals surface area contributed by atoms with Crippen LogP contribution >= 0.6 is 0 Å². The van der Waals surface area contributed by atoms with Gasteiger partial charge in [-0.3, -0.25) is 4.79 Å². The molecular weight excluding hydrogens is 258 g/mol. The second kappa shape index (κ2) is 6.07. The molecule has 2 rings (SSSR count). The topological polar surface area (TPSA) is 95.1 Å². The second-order valence-corrected chi connectivity index (χ2v) is 5.49. The lowest BCUT2D eigenvalue weighted by atomic mass is 9.82. The average Bonchev–Trinajstić information content (AvgIpc) is 3.09. The van der Waals surface area contributed by atoms with E-state index >= 15 is 0 Å². The van der Waals surface area contributed by atoms with E-state index in [1.807, 2.05) is 6.92 Å². The highest BCUT2D eigenvalue weighted by Crippen LogP contribution is 2.41. The van der Waals surface area contributed by atoms with E-state index in [-0.39, 0.29) is 17.7 Å². The minimum absolute atomic E-state index is 0.121. The lowest BCUT2D eigenvalue weighted by Crippen LogP contribution is -2.48. The predicted molar refractivity (Wildman–Crippen MR) is 73.1 cm³/mol. The van der Waals surface area contributed by atoms with Gasteiger partial charge >= 0.3 is 5.97 Å². The molecule has 6 heteroatoms. The summed E-state index contributed by atoms with van der Waals surface area (Å²) in [6.45, 7) is 2.00. The lowest BCUT2D eigenvalue weighted by Gasteiger charge is -2.28. The van der Waals surface area contributed by atoms with Crippen molar-refractivity contribution >= 4 is 11.9 Å². The first-order valence-corrected chi connectivity index (χ1v) is 7.08. The molecule has 1 fully saturated rings. The summed E-state index contributed by atoms with van der Waals surface area (Å²) < 4.78 is 0. The van der Waals surface area contributed by atoms with Crippen LogP contribution in [0.4, 0.5) is 0 Å². The van der Waals surface area contributed by atoms with Gasteiger partial charge in [0.05, 0.1) is 6.33 Å². The summed E-state index contributed by atoms with van der Waals surface area (Å²) in [7, 11) is 0. The second-order valence-electron chi connectivity index (χ2n) is 5.49. The number of aromatic nitrogens is 2. The van der Waals surface area contributed by atoms with E-state index < -0.39 is 12.0 Å². The van der Waals surface area contributed by atoms with Crippen molar-refractivity contribution in [2.45, 2.75) is 51.5 Å². The van der Waals surface area contributed by atoms with E-state index in [9.17, 15) is 14.7 Å². The smallest absolute Gasteiger partial charge is 0.326 e. The molecule has 6 nitrogen and oxygen atoms in total. The van der Waals surface area contributed by atoms with Crippen LogP contribution < -0.4 is 5.32 Å². The van der Waals surface area contributed by atoms with Gasteiger partial charge in [-0.2, -0.15) is 0 Å². The van der Waals surface area contributed by atoms with E-state index in [4.69, 9.17) is 0 Å². The zero-order valence-corrected chi connectivity index (χ0v) is 11.7. The minimum atomic E-state index is -1.02. The van der Waals surface area contributed by atoms with E-state index in [2.05, 4.69) is 15.3 Å². The maximum absolute atomic E-state index is 12.4. The van der Waals surface area contributed by atoms with Gasteiger partial charge in [0.1, 0.15) is 6.04 Å². The van der Waals surface area contributed by atoms with E-state index in [0.29, 0.717) is 5.69 Å². The third-order valence-corrected chi connectivity index (χ3v) is 4.30. The van der Waals surface area contributed by atoms with Crippen molar-refractivity contribution in [1.82, 2.24) is 15.3 Å². The van der Waals surface area contributed by atoms with Gasteiger partial charge in [0.15, 0.2) is 0 Å². The molecule has 110 valence electrons. The molecule has 0 bridgehead atoms. The van der Waals surface area contributed by atoms with Crippen molar-refractivity contribution < 1.29 is 14.7 Å². The Labute approximate surface area is 118 Å². The number of hydrogen-bond donors (Lipinski definition) is 3. The molecule has 1 atom stereocenters. The highest BCUT2D eigenvalue weighted by atomic mass is 16.4. The zero-order valence-electron chi connectivity index (χ0n) is 11.7. The van der Waals surface area contributed by atoms with Gasteiger partial charge in [-0.05, 0) is 19.3 Å². The predicted octanol–water partition coefficient (Wildman–Crippen LogP) is 1.49. The SMILES string of the molecule is CCC1(C(=O)N[C@H](Cc2cnc[nH]2)C(=O)O)CCCC1. The number of carboxylic acid groups (broad SMARTS) is 1. The third kappa shape index (κ3) is 3.00. The molecule has 1 aromatic heterocycles. The molecule has 0 aliphatic heterocycles. The van der Waals surface area contributed by atoms with Crippen LogP contribution in [0.25, 0.3) is 0 Å². The van der Waals surface area contributed by atoms with E-state index in [0.717, 1.165) is 32.1 Å². The third-order valence-electron chi connectivity index (χ3n) is 4.30. The Hall–Kier alpha value is -1.85. The number of H-pyrrole nitrogens is 1. The molecule has 20 heavy (non-hydrogen) atoms. The Bertz CT molecular complexity index is 464. The highest BCUT2D eigenvalue weighted by molar-refractivity contribution is 5.87. The first-order valence-electron chi connectivity index (χ1n) is 7.08. The Morgan fingerprint density at radius 3 is 2.70 bits per heavy atom. The van der Waals surface area contributed by atoms with Crippen molar-refractivity contribution in [2.24, 2.45) is 5.41 Å². The number of carboxylic acids is 1. The summed E-state index contributed by atoms with van der Waals surface area (Å²) in [5.41, 5.74) is 0.330. The molecule has 1 amide bonds. The molecular formula is C14H21N3O3. The number of nitrogens with zero attached hydrogens (tertiary/aromatic N) is 1. The first kappa shape index (κ1) is 14.6. The number of rotatable bonds is 6. The largest absolute Gasteiger partial charge is 0.480 e. The van der Waals surface area contributed by atoms with Crippen LogP contribution in [0.5, 0.6) is 0 Å². The number of aliphatic carboxylic acids is 1. The van der Waals surface area contributed by atoms with Gasteiger partial charge in [-0.15, -0.1) is 0 Å². The van der Waals surface area contributed by atoms with E-state index in [1.165, 1.54) is 6.33 Å². The summed E-state index contributed by atoms with van der Waals surface area (Å²) in [4.78, 5) is 30.5. The maximum Gasteiger partial charge on any atom is 0.326 e. The fourth-order valence-electron chi connectivity index (χ4n) is 2.92. The van der Waals surface area contributed by atoms with Crippen LogP contribution in [0.15, 0.2) is 12.5 Å². The summed E-state index contributed by atoms with van der Waals surface area (Å²) >= 11 is 0. The standard InChI is InChI=1S/C14H21N3O3/c1-2-14(5-3-4-6-14)13(20)17-11(12(18)19)7-10-8-15-9-16-10/h8-9,11H,2-7H2,1H3,(H,15,16)(H,17,20)(H,18,19)/t11-/m1/s1. The summed E-state index contributed by atoms with van der Waals surface area (Å²) in [5.74, 6) is -1.14. The lowest BCUT2D eigenvalue weighted by molar-refractivity contribution is -0.144. The highest BCUT2D eigenvalue weighted by Gasteiger charge is 2.40. The molecule has 1 saturated carbocycles. The zero-order chi connectivity index (χ0) is 14.6. The van der Waals surface area contributed by atoms with Crippen LogP contribution in [-0.4, -0.2) is 33.0 Å². The number of carbonyl (C=O) groups excluding carboxylic acids is 1. The number of nitrogens with one attached hydrogen (secondary N) is 2. The normalized spacial score (nSPS) is 18.6. The van der Waals surface area contributed by atoms with Crippen LogP contribution in [0.3, 0.4) is 0 Å². The van der Waals surface area contributed by atoms with Crippen molar-refractivity contribution in [2.75, 3.05) is 0 Å². The Morgan fingerprint density at radius 2 is 2.20 bits per heavy atom. The van der Waals surface area contributed by atoms with Crippen LogP contribution in [0.1, 0.15) is 44.7 Å². The number of amides is 1. The summed E-state index contributed by atoms with van der Waals surface area (Å²) in [6, 6.07) is -0.910. The molecule has 1 aromatic rings. The number of carbonyl (C=O) groups is 2. The van der Waals surface area contributed by atoms with Crippen LogP contribution in [0.2, 0.25) is 0 Å². The molecule has 0 radical (unpaired) electrons. The molecule has 1 aliphatic rings. The van der Waals surface area contributed by atoms with Crippen LogP contribution in [-0.2, 0) is 16.0 Å². The van der Waals surface area contributed by atoms with Gasteiger partial charge < -0.3 is 15.4 Å². The summed E-state index contributed by atoms with van der Waals surface area (Å²) in [5, 5.41) is 12.0. The fourth-order valence-corrected chi connectivity index (χ4v) is 2.92. The molecule has 0 aromatic carbocycles. The van der Waals surface area contributed by atoms with Gasteiger partial charge in [0, 0.05) is 23.7 Å². The molecule has 3 N–H and O–H groups in total. The first-order chi connectivity index (χ1) is 9.57. The van der Waals surface area contributed by atoms with Gasteiger partial charge in [-0.1, -0.05) is 19.8 Å². The molecule has 1 aliphatic carbocycles. The quantitative estimate of drug-likeness (QED) is 0.735. The van der Waals surface area contributed by atoms with Crippen molar-refractivity contribution in [1.29, 1.82) is 0 Å². The fraction of sp³-hybridized carbons (Fsp3) is 0.643. The Balaban J connectivity index is 2.04. The number of aromatic amines is 1. The minimum Gasteiger partial charge on any atom is -0.480 e. The summed E-state index contributed by atoms with van der Waals surface area (Å²) in [6.07, 6.45) is 7.85. The Morgan fingerprint density at radius 1 is 1.50 bits per heavy atom. The van der Waals surface area contributed by atoms with Gasteiger partial charge in [0.25, 0.3) is 0 Å². The van der Waals surface area contributed by atoms with Gasteiger partial charge in [0.2, 0.25) is 5.91 Å². The number of hydrogen-bond acceptors (Lipinski definition) is 3. The average molecular weight is 279 g/mol. The van der Waals surface area contributed by atoms with E-state index in [1.54, 1.807) is 6.20 Å². The van der Waals surface area contributed by atoms with Crippen molar-refractivity contribution in [3.05, 3.63) is 18.2 Å². The Kier molecular flexibility index (Phi) is 4.42. The maximum atomic E-state index is 12.4. The number of imidazole rings is 1. The molecule has 0 spiro atoms. The molecule has 0 saturated heterocycles. The van der Waals surface area contributed by atoms with Gasteiger partial charge in [-0.25, -0.2) is 9.78 Å². The van der Waals surface area contributed by atoms with Crippen molar-refractivity contribution in [3.8, 4) is 0 Å². The van der Waals surface area contributed by atoms with Crippen molar-refractivity contribution in [3.63, 3.8) is 0 Å². The molecule has 1 heterocycles. The molecule has 0 unspecified atom stereocenters.